The molecule has 1 saturated carbocycles. The molecule has 1 saturated heterocycles. The second-order valence-electron chi connectivity index (χ2n) is 7.56. The van der Waals surface area contributed by atoms with E-state index in [4.69, 9.17) is 16.1 Å². The molecule has 3 amide bonds. The number of rotatable bonds is 5. The summed E-state index contributed by atoms with van der Waals surface area (Å²) in [5.41, 5.74) is 1.31. The Morgan fingerprint density at radius 3 is 2.89 bits per heavy atom. The zero-order valence-corrected chi connectivity index (χ0v) is 16.7. The summed E-state index contributed by atoms with van der Waals surface area (Å²) in [7, 11) is 0. The van der Waals surface area contributed by atoms with Gasteiger partial charge in [-0.15, -0.1) is 0 Å². The van der Waals surface area contributed by atoms with Gasteiger partial charge in [-0.2, -0.15) is 0 Å². The van der Waals surface area contributed by atoms with Gasteiger partial charge in [0.15, 0.2) is 5.58 Å². The first-order valence-corrected chi connectivity index (χ1v) is 10.3. The van der Waals surface area contributed by atoms with E-state index in [0.29, 0.717) is 29.3 Å². The van der Waals surface area contributed by atoms with Gasteiger partial charge in [-0.05, 0) is 43.9 Å². The highest BCUT2D eigenvalue weighted by Gasteiger charge is 2.39. The van der Waals surface area contributed by atoms with Crippen molar-refractivity contribution in [1.29, 1.82) is 0 Å². The van der Waals surface area contributed by atoms with E-state index in [0.717, 1.165) is 37.6 Å². The van der Waals surface area contributed by atoms with Crippen LogP contribution in [0.15, 0.2) is 22.7 Å². The van der Waals surface area contributed by atoms with Gasteiger partial charge in [0.2, 0.25) is 5.91 Å². The minimum atomic E-state index is -0.100. The number of likely N-dealkylation sites (tertiary alicyclic amines) is 1. The van der Waals surface area contributed by atoms with Crippen molar-refractivity contribution in [3.63, 3.8) is 0 Å². The lowest BCUT2D eigenvalue weighted by atomic mass is 10.0. The summed E-state index contributed by atoms with van der Waals surface area (Å²) in [4.78, 5) is 28.9. The number of amides is 3. The van der Waals surface area contributed by atoms with E-state index in [1.807, 2.05) is 16.7 Å². The molecule has 1 aromatic heterocycles. The molecule has 0 spiro atoms. The molecule has 1 aliphatic carbocycles. The van der Waals surface area contributed by atoms with Crippen molar-refractivity contribution in [2.75, 3.05) is 13.1 Å². The molecule has 2 heterocycles. The molecule has 28 heavy (non-hydrogen) atoms. The van der Waals surface area contributed by atoms with Crippen LogP contribution in [0.2, 0.25) is 5.02 Å². The molecule has 0 radical (unpaired) electrons. The lowest BCUT2D eigenvalue weighted by molar-refractivity contribution is -0.132. The van der Waals surface area contributed by atoms with Crippen molar-refractivity contribution in [2.24, 2.45) is 0 Å². The number of carbonyl (C=O) groups is 2. The van der Waals surface area contributed by atoms with Crippen LogP contribution in [-0.2, 0) is 11.3 Å². The number of hydrogen-bond donors (Lipinski definition) is 1. The zero-order valence-electron chi connectivity index (χ0n) is 16.0. The van der Waals surface area contributed by atoms with Crippen molar-refractivity contribution in [1.82, 2.24) is 20.3 Å². The Balaban J connectivity index is 1.44. The Bertz CT molecular complexity index is 879. The first-order valence-electron chi connectivity index (χ1n) is 9.94. The lowest BCUT2D eigenvalue weighted by Gasteiger charge is -2.39. The summed E-state index contributed by atoms with van der Waals surface area (Å²) in [6.07, 6.45) is 4.41. The second-order valence-corrected chi connectivity index (χ2v) is 7.99. The molecule has 1 aromatic carbocycles. The van der Waals surface area contributed by atoms with Crippen LogP contribution < -0.4 is 5.32 Å². The van der Waals surface area contributed by atoms with Crippen LogP contribution in [0.4, 0.5) is 4.79 Å². The Labute approximate surface area is 169 Å². The summed E-state index contributed by atoms with van der Waals surface area (Å²) in [6.45, 7) is 3.57. The van der Waals surface area contributed by atoms with Gasteiger partial charge in [-0.1, -0.05) is 23.7 Å². The highest BCUT2D eigenvalue weighted by atomic mass is 35.5. The van der Waals surface area contributed by atoms with E-state index < -0.39 is 0 Å². The maximum Gasteiger partial charge on any atom is 0.318 e. The molecule has 2 fully saturated rings. The number of hydrogen-bond acceptors (Lipinski definition) is 4. The molecular weight excluding hydrogens is 380 g/mol. The highest BCUT2D eigenvalue weighted by molar-refractivity contribution is 6.31. The van der Waals surface area contributed by atoms with Gasteiger partial charge in [0.1, 0.15) is 5.69 Å². The average molecular weight is 405 g/mol. The molecule has 1 atom stereocenters. The quantitative estimate of drug-likeness (QED) is 0.826. The van der Waals surface area contributed by atoms with Gasteiger partial charge in [0.05, 0.1) is 12.6 Å². The first kappa shape index (κ1) is 19.1. The molecule has 1 unspecified atom stereocenters. The van der Waals surface area contributed by atoms with E-state index in [1.165, 1.54) is 0 Å². The molecule has 150 valence electrons. The smallest absolute Gasteiger partial charge is 0.318 e. The Hall–Kier alpha value is -2.28. The molecule has 1 N–H and O–H groups in total. The van der Waals surface area contributed by atoms with Crippen molar-refractivity contribution in [2.45, 2.75) is 57.7 Å². The van der Waals surface area contributed by atoms with E-state index in [2.05, 4.69) is 10.5 Å². The third-order valence-electron chi connectivity index (χ3n) is 5.53. The topological polar surface area (TPSA) is 78.7 Å². The van der Waals surface area contributed by atoms with Crippen molar-refractivity contribution < 1.29 is 14.1 Å². The summed E-state index contributed by atoms with van der Waals surface area (Å²) in [5, 5.41) is 8.47. The van der Waals surface area contributed by atoms with E-state index in [9.17, 15) is 9.59 Å². The lowest BCUT2D eigenvalue weighted by Crippen LogP contribution is -2.54. The maximum absolute atomic E-state index is 13.0. The van der Waals surface area contributed by atoms with Crippen LogP contribution >= 0.6 is 11.6 Å². The van der Waals surface area contributed by atoms with Crippen LogP contribution in [-0.4, -0.2) is 52.1 Å². The number of urea groups is 1. The van der Waals surface area contributed by atoms with Crippen molar-refractivity contribution >= 4 is 34.5 Å². The van der Waals surface area contributed by atoms with E-state index in [-0.39, 0.29) is 30.6 Å². The normalized spacial score (nSPS) is 19.6. The van der Waals surface area contributed by atoms with Gasteiger partial charge >= 0.3 is 6.03 Å². The van der Waals surface area contributed by atoms with Crippen molar-refractivity contribution in [3.8, 4) is 0 Å². The van der Waals surface area contributed by atoms with Crippen LogP contribution in [0.5, 0.6) is 0 Å². The molecule has 4 rings (SSSR count). The van der Waals surface area contributed by atoms with Gasteiger partial charge in [-0.25, -0.2) is 4.79 Å². The fourth-order valence-electron chi connectivity index (χ4n) is 3.95. The number of nitrogens with one attached hydrogen (secondary N) is 1. The second kappa shape index (κ2) is 7.99. The predicted molar refractivity (Wildman–Crippen MR) is 106 cm³/mol. The van der Waals surface area contributed by atoms with Crippen molar-refractivity contribution in [3.05, 3.63) is 28.9 Å². The molecule has 7 nitrogen and oxygen atoms in total. The minimum Gasteiger partial charge on any atom is -0.356 e. The molecule has 0 bridgehead atoms. The summed E-state index contributed by atoms with van der Waals surface area (Å²) in [5.74, 6) is 0.159. The molecule has 1 aliphatic heterocycles. The Kier molecular flexibility index (Phi) is 5.44. The monoisotopic (exact) mass is 404 g/mol. The Morgan fingerprint density at radius 2 is 2.14 bits per heavy atom. The standard InChI is InChI=1S/C20H25ClN4O3/c1-2-19(26)24-9-3-4-15(12-24)25(14-6-7-14)20(27)22-11-17-16-10-13(21)5-8-18(16)28-23-17/h5,8,10,14-15H,2-4,6-7,9,11-12H2,1H3,(H,22,27). The van der Waals surface area contributed by atoms with Gasteiger partial charge < -0.3 is 19.6 Å². The molecule has 2 aromatic rings. The first-order chi connectivity index (χ1) is 13.6. The summed E-state index contributed by atoms with van der Waals surface area (Å²) in [6, 6.07) is 5.55. The van der Waals surface area contributed by atoms with E-state index in [1.54, 1.807) is 18.2 Å². The van der Waals surface area contributed by atoms with Gasteiger partial charge in [0, 0.05) is 36.0 Å². The summed E-state index contributed by atoms with van der Waals surface area (Å²) >= 11 is 6.07. The fraction of sp³-hybridized carbons (Fsp3) is 0.550. The molecule has 8 heteroatoms. The zero-order chi connectivity index (χ0) is 19.7. The van der Waals surface area contributed by atoms with Gasteiger partial charge in [-0.3, -0.25) is 4.79 Å². The number of aromatic nitrogens is 1. The van der Waals surface area contributed by atoms with Crippen LogP contribution in [0.3, 0.4) is 0 Å². The molecule has 2 aliphatic rings. The maximum atomic E-state index is 13.0. The average Bonchev–Trinajstić information content (AvgIpc) is 3.46. The number of carbonyl (C=O) groups excluding carboxylic acids is 2. The number of piperidine rings is 1. The number of halogens is 1. The number of benzene rings is 1. The highest BCUT2D eigenvalue weighted by Crippen LogP contribution is 2.32. The third-order valence-corrected chi connectivity index (χ3v) is 5.77. The summed E-state index contributed by atoms with van der Waals surface area (Å²) < 4.78 is 5.31. The fourth-order valence-corrected chi connectivity index (χ4v) is 4.13. The Morgan fingerprint density at radius 1 is 1.32 bits per heavy atom. The van der Waals surface area contributed by atoms with E-state index >= 15 is 0 Å². The predicted octanol–water partition coefficient (Wildman–Crippen LogP) is 3.56. The number of fused-ring (bicyclic) bond motifs is 1. The van der Waals surface area contributed by atoms with Gasteiger partial charge in [0.25, 0.3) is 0 Å². The third kappa shape index (κ3) is 3.94. The minimum absolute atomic E-state index is 0.0697. The SMILES string of the molecule is CCC(=O)N1CCCC(N(C(=O)NCc2noc3ccc(Cl)cc23)C2CC2)C1. The largest absolute Gasteiger partial charge is 0.356 e. The molecular formula is C20H25ClN4O3. The number of nitrogens with zero attached hydrogens (tertiary/aromatic N) is 3. The van der Waals surface area contributed by atoms with Crippen LogP contribution in [0.25, 0.3) is 11.0 Å². The van der Waals surface area contributed by atoms with Crippen LogP contribution in [0, 0.1) is 0 Å². The van der Waals surface area contributed by atoms with Crippen LogP contribution in [0.1, 0.15) is 44.7 Å².